The van der Waals surface area contributed by atoms with Gasteiger partial charge in [-0.1, -0.05) is 0 Å². The molecule has 0 heterocycles. The number of carbonyl (C=O) groups is 1. The predicted molar refractivity (Wildman–Crippen MR) is 42.6 cm³/mol. The Morgan fingerprint density at radius 2 is 2.18 bits per heavy atom. The van der Waals surface area contributed by atoms with Crippen LogP contribution < -0.4 is 11.2 Å². The second-order valence-electron chi connectivity index (χ2n) is 3.47. The lowest BCUT2D eigenvalue weighted by Gasteiger charge is -2.13. The van der Waals surface area contributed by atoms with E-state index in [0.29, 0.717) is 6.42 Å². The van der Waals surface area contributed by atoms with Gasteiger partial charge in [-0.05, 0) is 12.8 Å². The van der Waals surface area contributed by atoms with Gasteiger partial charge in [0.2, 0.25) is 5.91 Å². The molecule has 1 aliphatic carbocycles. The highest BCUT2D eigenvalue weighted by molar-refractivity contribution is 5.77. The lowest BCUT2D eigenvalue weighted by atomic mass is 10.2. The van der Waals surface area contributed by atoms with E-state index in [2.05, 4.69) is 5.43 Å². The molecule has 0 saturated heterocycles. The van der Waals surface area contributed by atoms with Gasteiger partial charge in [-0.3, -0.25) is 10.2 Å². The molecular formula is C7H15N3O. The molecule has 1 saturated carbocycles. The number of hydrazine groups is 1. The zero-order chi connectivity index (χ0) is 8.48. The number of rotatable bonds is 3. The van der Waals surface area contributed by atoms with Crippen LogP contribution in [-0.4, -0.2) is 30.6 Å². The number of carbonyl (C=O) groups excluding carboxylic acids is 1. The van der Waals surface area contributed by atoms with E-state index in [0.717, 1.165) is 12.8 Å². The van der Waals surface area contributed by atoms with E-state index in [1.54, 1.807) is 19.1 Å². The summed E-state index contributed by atoms with van der Waals surface area (Å²) in [5.41, 5.74) is 8.22. The molecule has 0 bridgehead atoms. The standard InChI is InChI=1S/C7H15N3O/c1-10(2)9-6(11)5-7(8)3-4-7/h3-5,8H2,1-2H3,(H,9,11). The van der Waals surface area contributed by atoms with Crippen molar-refractivity contribution in [3.8, 4) is 0 Å². The van der Waals surface area contributed by atoms with Crippen molar-refractivity contribution in [1.82, 2.24) is 10.4 Å². The SMILES string of the molecule is CN(C)NC(=O)CC1(N)CC1. The highest BCUT2D eigenvalue weighted by atomic mass is 16.2. The number of nitrogens with zero attached hydrogens (tertiary/aromatic N) is 1. The van der Waals surface area contributed by atoms with Gasteiger partial charge >= 0.3 is 0 Å². The number of nitrogens with one attached hydrogen (secondary N) is 1. The van der Waals surface area contributed by atoms with Crippen molar-refractivity contribution in [3.63, 3.8) is 0 Å². The van der Waals surface area contributed by atoms with Gasteiger partial charge in [0, 0.05) is 26.1 Å². The van der Waals surface area contributed by atoms with E-state index in [1.165, 1.54) is 0 Å². The van der Waals surface area contributed by atoms with Gasteiger partial charge in [0.25, 0.3) is 0 Å². The van der Waals surface area contributed by atoms with Crippen LogP contribution in [0, 0.1) is 0 Å². The highest BCUT2D eigenvalue weighted by Gasteiger charge is 2.40. The molecule has 64 valence electrons. The molecular weight excluding hydrogens is 142 g/mol. The van der Waals surface area contributed by atoms with E-state index >= 15 is 0 Å². The zero-order valence-electron chi connectivity index (χ0n) is 7.05. The molecule has 0 radical (unpaired) electrons. The Morgan fingerprint density at radius 1 is 1.64 bits per heavy atom. The Hall–Kier alpha value is -0.610. The van der Waals surface area contributed by atoms with Crippen LogP contribution in [0.15, 0.2) is 0 Å². The van der Waals surface area contributed by atoms with Crippen LogP contribution in [0.3, 0.4) is 0 Å². The van der Waals surface area contributed by atoms with E-state index in [4.69, 9.17) is 5.73 Å². The van der Waals surface area contributed by atoms with Gasteiger partial charge in [0.1, 0.15) is 0 Å². The minimum atomic E-state index is -0.180. The molecule has 1 aliphatic rings. The van der Waals surface area contributed by atoms with Crippen LogP contribution in [0.1, 0.15) is 19.3 Å². The quantitative estimate of drug-likeness (QED) is 0.541. The highest BCUT2D eigenvalue weighted by Crippen LogP contribution is 2.35. The Bertz CT molecular complexity index is 163. The number of hydrogen-bond donors (Lipinski definition) is 2. The Morgan fingerprint density at radius 3 is 2.55 bits per heavy atom. The number of hydrogen-bond acceptors (Lipinski definition) is 3. The molecule has 0 aromatic rings. The van der Waals surface area contributed by atoms with Gasteiger partial charge in [-0.2, -0.15) is 0 Å². The average molecular weight is 157 g/mol. The summed E-state index contributed by atoms with van der Waals surface area (Å²) in [6, 6.07) is 0. The maximum absolute atomic E-state index is 11.1. The molecule has 0 spiro atoms. The molecule has 0 aromatic carbocycles. The van der Waals surface area contributed by atoms with Gasteiger partial charge < -0.3 is 5.73 Å². The first kappa shape index (κ1) is 8.49. The van der Waals surface area contributed by atoms with Gasteiger partial charge in [-0.25, -0.2) is 5.01 Å². The van der Waals surface area contributed by atoms with Crippen LogP contribution >= 0.6 is 0 Å². The summed E-state index contributed by atoms with van der Waals surface area (Å²) in [6.07, 6.45) is 2.41. The summed E-state index contributed by atoms with van der Waals surface area (Å²) < 4.78 is 0. The van der Waals surface area contributed by atoms with Gasteiger partial charge in [0.05, 0.1) is 0 Å². The minimum absolute atomic E-state index is 0.00926. The fourth-order valence-corrected chi connectivity index (χ4v) is 0.946. The number of amides is 1. The lowest BCUT2D eigenvalue weighted by Crippen LogP contribution is -2.40. The smallest absolute Gasteiger partial charge is 0.236 e. The molecule has 3 N–H and O–H groups in total. The maximum atomic E-state index is 11.1. The normalized spacial score (nSPS) is 20.0. The third kappa shape index (κ3) is 2.86. The summed E-state index contributed by atoms with van der Waals surface area (Å²) in [4.78, 5) is 11.1. The Kier molecular flexibility index (Phi) is 2.15. The van der Waals surface area contributed by atoms with Crippen LogP contribution in [0.5, 0.6) is 0 Å². The summed E-state index contributed by atoms with van der Waals surface area (Å²) in [6.45, 7) is 0. The molecule has 1 amide bonds. The maximum Gasteiger partial charge on any atom is 0.236 e. The monoisotopic (exact) mass is 157 g/mol. The minimum Gasteiger partial charge on any atom is -0.325 e. The van der Waals surface area contributed by atoms with Crippen molar-refractivity contribution in [2.45, 2.75) is 24.8 Å². The molecule has 0 aliphatic heterocycles. The average Bonchev–Trinajstić information content (AvgIpc) is 2.44. The van der Waals surface area contributed by atoms with E-state index in [9.17, 15) is 4.79 Å². The van der Waals surface area contributed by atoms with Crippen molar-refractivity contribution >= 4 is 5.91 Å². The zero-order valence-corrected chi connectivity index (χ0v) is 7.05. The molecule has 11 heavy (non-hydrogen) atoms. The number of nitrogens with two attached hydrogens (primary N) is 1. The van der Waals surface area contributed by atoms with Gasteiger partial charge in [0.15, 0.2) is 0 Å². The van der Waals surface area contributed by atoms with Crippen LogP contribution in [0.25, 0.3) is 0 Å². The van der Waals surface area contributed by atoms with Crippen LogP contribution in [0.2, 0.25) is 0 Å². The van der Waals surface area contributed by atoms with Gasteiger partial charge in [-0.15, -0.1) is 0 Å². The van der Waals surface area contributed by atoms with Crippen molar-refractivity contribution in [3.05, 3.63) is 0 Å². The second kappa shape index (κ2) is 2.79. The molecule has 4 heteroatoms. The molecule has 0 aromatic heterocycles. The van der Waals surface area contributed by atoms with Crippen molar-refractivity contribution < 1.29 is 4.79 Å². The van der Waals surface area contributed by atoms with Crippen molar-refractivity contribution in [1.29, 1.82) is 0 Å². The van der Waals surface area contributed by atoms with E-state index in [-0.39, 0.29) is 11.4 Å². The van der Waals surface area contributed by atoms with E-state index < -0.39 is 0 Å². The first-order chi connectivity index (χ1) is 5.02. The van der Waals surface area contributed by atoms with E-state index in [1.807, 2.05) is 0 Å². The summed E-state index contributed by atoms with van der Waals surface area (Å²) >= 11 is 0. The first-order valence-electron chi connectivity index (χ1n) is 3.78. The Labute approximate surface area is 66.7 Å². The largest absolute Gasteiger partial charge is 0.325 e. The fraction of sp³-hybridized carbons (Fsp3) is 0.857. The first-order valence-corrected chi connectivity index (χ1v) is 3.78. The third-order valence-electron chi connectivity index (χ3n) is 1.75. The predicted octanol–water partition coefficient (Wildman–Crippen LogP) is -0.539. The van der Waals surface area contributed by atoms with Crippen LogP contribution in [-0.2, 0) is 4.79 Å². The summed E-state index contributed by atoms with van der Waals surface area (Å²) in [5.74, 6) is 0.00926. The van der Waals surface area contributed by atoms with Crippen LogP contribution in [0.4, 0.5) is 0 Å². The lowest BCUT2D eigenvalue weighted by molar-refractivity contribution is -0.125. The third-order valence-corrected chi connectivity index (χ3v) is 1.75. The Balaban J connectivity index is 2.21. The second-order valence-corrected chi connectivity index (χ2v) is 3.47. The van der Waals surface area contributed by atoms with Crippen molar-refractivity contribution in [2.75, 3.05) is 14.1 Å². The molecule has 1 fully saturated rings. The topological polar surface area (TPSA) is 58.4 Å². The molecule has 0 atom stereocenters. The summed E-state index contributed by atoms with van der Waals surface area (Å²) in [5, 5.41) is 1.63. The molecule has 1 rings (SSSR count). The summed E-state index contributed by atoms with van der Waals surface area (Å²) in [7, 11) is 3.57. The fourth-order valence-electron chi connectivity index (χ4n) is 0.946. The van der Waals surface area contributed by atoms with Crippen molar-refractivity contribution in [2.24, 2.45) is 5.73 Å². The molecule has 4 nitrogen and oxygen atoms in total. The molecule has 0 unspecified atom stereocenters.